The van der Waals surface area contributed by atoms with Gasteiger partial charge in [0.2, 0.25) is 10.7 Å². The third-order valence-corrected chi connectivity index (χ3v) is 4.91. The van der Waals surface area contributed by atoms with Crippen LogP contribution >= 0.6 is 11.6 Å². The second kappa shape index (κ2) is 7.55. The van der Waals surface area contributed by atoms with Crippen LogP contribution in [0.1, 0.15) is 24.0 Å². The van der Waals surface area contributed by atoms with Crippen molar-refractivity contribution in [1.29, 1.82) is 0 Å². The van der Waals surface area contributed by atoms with Gasteiger partial charge in [0.15, 0.2) is 0 Å². The van der Waals surface area contributed by atoms with Gasteiger partial charge < -0.3 is 19.9 Å². The van der Waals surface area contributed by atoms with E-state index in [1.54, 1.807) is 24.3 Å². The molecule has 1 aromatic rings. The van der Waals surface area contributed by atoms with Crippen LogP contribution in [0.15, 0.2) is 29.8 Å². The number of rotatable bonds is 4. The molecule has 1 aromatic carbocycles. The molecule has 1 aliphatic carbocycles. The number of carbonyl (C=O) groups excluding carboxylic acids is 3. The number of hydrogen-bond donors (Lipinski definition) is 1. The average Bonchev–Trinajstić information content (AvgIpc) is 2.73. The van der Waals surface area contributed by atoms with Gasteiger partial charge in [0.25, 0.3) is 0 Å². The topological polar surface area (TPSA) is 116 Å². The fourth-order valence-corrected chi connectivity index (χ4v) is 3.53. The Balaban J connectivity index is 2.86. The summed E-state index contributed by atoms with van der Waals surface area (Å²) in [6, 6.07) is 5.08. The highest BCUT2D eigenvalue weighted by molar-refractivity contribution is 6.51. The van der Waals surface area contributed by atoms with Gasteiger partial charge in [-0.3, -0.25) is 10.0 Å². The van der Waals surface area contributed by atoms with Gasteiger partial charge in [0.05, 0.1) is 14.2 Å². The number of fused-ring (bicyclic) bond motifs is 1. The van der Waals surface area contributed by atoms with E-state index in [4.69, 9.17) is 11.6 Å². The number of hydroxylamine groups is 2. The van der Waals surface area contributed by atoms with Crippen LogP contribution in [0.5, 0.6) is 0 Å². The monoisotopic (exact) mass is 382 g/mol. The molecule has 0 fully saturated rings. The Morgan fingerprint density at radius 1 is 1.31 bits per heavy atom. The maximum Gasteiger partial charge on any atom is 0.341 e. The third-order valence-electron chi connectivity index (χ3n) is 4.35. The summed E-state index contributed by atoms with van der Waals surface area (Å²) < 4.78 is 9.30. The second-order valence-electron chi connectivity index (χ2n) is 5.73. The molecule has 1 aliphatic rings. The summed E-state index contributed by atoms with van der Waals surface area (Å²) in [6.07, 6.45) is 1.24. The number of alkyl halides is 1. The lowest BCUT2D eigenvalue weighted by molar-refractivity contribution is -0.150. The van der Waals surface area contributed by atoms with E-state index in [-0.39, 0.29) is 0 Å². The number of Topliss-reactive ketones (excluding diaryl/α,β-unsaturated/α-hetero) is 1. The Morgan fingerprint density at radius 2 is 1.92 bits per heavy atom. The standard InChI is InChI=1S/C17H17ClNO7/c1-9(19(23)24)13-11-7-5-4-6-10(11)8-12(15(21)25-2)14(20)17(13,18)16(22)26-3/h4-9,13,23H,1-3H3/q-1/t9-,13+,17+/m1/s1. The summed E-state index contributed by atoms with van der Waals surface area (Å²) in [6.45, 7) is 1.30. The number of methoxy groups -OCH3 is 2. The van der Waals surface area contributed by atoms with E-state index in [2.05, 4.69) is 9.47 Å². The number of nitrogens with zero attached hydrogens (tertiary/aromatic N) is 1. The van der Waals surface area contributed by atoms with Crippen molar-refractivity contribution in [2.24, 2.45) is 0 Å². The molecule has 9 heteroatoms. The Labute approximate surface area is 154 Å². The van der Waals surface area contributed by atoms with Crippen LogP contribution < -0.4 is 0 Å². The average molecular weight is 383 g/mol. The largest absolute Gasteiger partial charge is 0.762 e. The van der Waals surface area contributed by atoms with Crippen LogP contribution in [0.4, 0.5) is 0 Å². The number of halogens is 1. The second-order valence-corrected chi connectivity index (χ2v) is 6.33. The SMILES string of the molecule is COC(=O)C1=Cc2ccccc2[C@H]([C@@H](C)N([O-])O)[C@@](Cl)(C(=O)OC)C1=O. The molecular formula is C17H17ClNO7-. The van der Waals surface area contributed by atoms with E-state index in [9.17, 15) is 24.8 Å². The van der Waals surface area contributed by atoms with Crippen LogP contribution in [0.2, 0.25) is 0 Å². The van der Waals surface area contributed by atoms with Crippen molar-refractivity contribution in [1.82, 2.24) is 5.23 Å². The predicted molar refractivity (Wildman–Crippen MR) is 91.2 cm³/mol. The number of benzene rings is 1. The zero-order valence-electron chi connectivity index (χ0n) is 14.3. The van der Waals surface area contributed by atoms with Crippen LogP contribution in [-0.2, 0) is 23.9 Å². The van der Waals surface area contributed by atoms with Crippen molar-refractivity contribution < 1.29 is 29.1 Å². The highest BCUT2D eigenvalue weighted by Crippen LogP contribution is 2.45. The fourth-order valence-electron chi connectivity index (χ4n) is 3.05. The molecule has 0 aromatic heterocycles. The summed E-state index contributed by atoms with van der Waals surface area (Å²) >= 11 is 6.46. The minimum atomic E-state index is -2.45. The molecule has 26 heavy (non-hydrogen) atoms. The Morgan fingerprint density at radius 3 is 2.46 bits per heavy atom. The van der Waals surface area contributed by atoms with Crippen molar-refractivity contribution in [3.8, 4) is 0 Å². The number of ketones is 1. The van der Waals surface area contributed by atoms with Gasteiger partial charge in [-0.1, -0.05) is 35.9 Å². The Kier molecular flexibility index (Phi) is 5.82. The lowest BCUT2D eigenvalue weighted by atomic mass is 9.77. The summed E-state index contributed by atoms with van der Waals surface area (Å²) in [5, 5.41) is 20.6. The molecule has 0 saturated heterocycles. The molecule has 0 aliphatic heterocycles. The quantitative estimate of drug-likeness (QED) is 0.274. The number of carbonyl (C=O) groups is 3. The Hall–Kier alpha value is -2.26. The van der Waals surface area contributed by atoms with Crippen LogP contribution in [-0.4, -0.2) is 53.3 Å². The van der Waals surface area contributed by atoms with E-state index < -0.39 is 45.4 Å². The van der Waals surface area contributed by atoms with Gasteiger partial charge in [-0.05, 0) is 24.1 Å². The highest BCUT2D eigenvalue weighted by Gasteiger charge is 2.57. The number of ether oxygens (including phenoxy) is 2. The predicted octanol–water partition coefficient (Wildman–Crippen LogP) is 1.64. The van der Waals surface area contributed by atoms with Gasteiger partial charge in [0, 0.05) is 12.0 Å². The molecule has 0 amide bonds. The molecule has 0 radical (unpaired) electrons. The van der Waals surface area contributed by atoms with E-state index in [0.29, 0.717) is 11.1 Å². The summed E-state index contributed by atoms with van der Waals surface area (Å²) in [5.41, 5.74) is 0.236. The minimum absolute atomic E-state index is 0.322. The van der Waals surface area contributed by atoms with E-state index >= 15 is 0 Å². The first kappa shape index (κ1) is 20.1. The molecule has 140 valence electrons. The van der Waals surface area contributed by atoms with Crippen LogP contribution in [0, 0.1) is 5.21 Å². The molecule has 1 N–H and O–H groups in total. The molecule has 8 nitrogen and oxygen atoms in total. The third kappa shape index (κ3) is 3.12. The molecule has 0 bridgehead atoms. The molecule has 2 rings (SSSR count). The van der Waals surface area contributed by atoms with Crippen LogP contribution in [0.25, 0.3) is 6.08 Å². The molecule has 0 saturated carbocycles. The highest BCUT2D eigenvalue weighted by atomic mass is 35.5. The van der Waals surface area contributed by atoms with Gasteiger partial charge >= 0.3 is 11.9 Å². The van der Waals surface area contributed by atoms with E-state index in [0.717, 1.165) is 14.2 Å². The Bertz CT molecular complexity index is 776. The molecule has 0 heterocycles. The van der Waals surface area contributed by atoms with Crippen molar-refractivity contribution >= 4 is 35.4 Å². The van der Waals surface area contributed by atoms with Crippen molar-refractivity contribution in [3.63, 3.8) is 0 Å². The van der Waals surface area contributed by atoms with Gasteiger partial charge in [-0.25, -0.2) is 9.59 Å². The zero-order chi connectivity index (χ0) is 19.6. The molecular weight excluding hydrogens is 366 g/mol. The smallest absolute Gasteiger partial charge is 0.341 e. The molecule has 3 atom stereocenters. The lowest BCUT2D eigenvalue weighted by Gasteiger charge is -2.40. The van der Waals surface area contributed by atoms with E-state index in [1.165, 1.54) is 13.0 Å². The van der Waals surface area contributed by atoms with Crippen molar-refractivity contribution in [2.75, 3.05) is 14.2 Å². The normalized spacial score (nSPS) is 23.6. The van der Waals surface area contributed by atoms with Crippen molar-refractivity contribution in [3.05, 3.63) is 46.2 Å². The first-order valence-corrected chi connectivity index (χ1v) is 7.94. The number of esters is 2. The first-order valence-electron chi connectivity index (χ1n) is 7.56. The summed E-state index contributed by atoms with van der Waals surface area (Å²) in [4.78, 5) is 35.2. The van der Waals surface area contributed by atoms with Gasteiger partial charge in [-0.15, -0.1) is 0 Å². The molecule has 0 spiro atoms. The maximum absolute atomic E-state index is 13.1. The lowest BCUT2D eigenvalue weighted by Crippen LogP contribution is -2.53. The zero-order valence-corrected chi connectivity index (χ0v) is 15.0. The number of hydrogen-bond acceptors (Lipinski definition) is 8. The fraction of sp³-hybridized carbons (Fsp3) is 0.353. The van der Waals surface area contributed by atoms with E-state index in [1.807, 2.05) is 0 Å². The van der Waals surface area contributed by atoms with Crippen molar-refractivity contribution in [2.45, 2.75) is 23.8 Å². The summed E-state index contributed by atoms with van der Waals surface area (Å²) in [5.74, 6) is -4.53. The van der Waals surface area contributed by atoms with Crippen LogP contribution in [0.3, 0.4) is 0 Å². The van der Waals surface area contributed by atoms with Gasteiger partial charge in [0.1, 0.15) is 5.57 Å². The summed E-state index contributed by atoms with van der Waals surface area (Å²) in [7, 11) is 2.10. The maximum atomic E-state index is 13.1. The first-order chi connectivity index (χ1) is 12.2. The van der Waals surface area contributed by atoms with Gasteiger partial charge in [-0.2, -0.15) is 0 Å². The minimum Gasteiger partial charge on any atom is -0.762 e. The molecule has 0 unspecified atom stereocenters.